The standard InChI is InChI=1S/C22H20F2N2O/c1-22(2,12-6-9-15-7-4-3-5-8-15)26-21(27)17-13-16-10-11-18(23)19(24)20(16)25-14-17/h3-11,13-14H,12H2,1-2H3,(H,26,27)/b9-6+. The van der Waals surface area contributed by atoms with Gasteiger partial charge in [0.15, 0.2) is 11.6 Å². The number of pyridine rings is 1. The number of benzene rings is 2. The van der Waals surface area contributed by atoms with Gasteiger partial charge in [0.2, 0.25) is 0 Å². The van der Waals surface area contributed by atoms with Crippen LogP contribution in [0.5, 0.6) is 0 Å². The summed E-state index contributed by atoms with van der Waals surface area (Å²) in [5.74, 6) is -2.28. The molecule has 0 radical (unpaired) electrons. The molecule has 27 heavy (non-hydrogen) atoms. The van der Waals surface area contributed by atoms with E-state index in [1.807, 2.05) is 56.3 Å². The zero-order chi connectivity index (χ0) is 19.4. The molecule has 3 rings (SSSR count). The van der Waals surface area contributed by atoms with E-state index in [1.54, 1.807) is 0 Å². The molecule has 0 saturated carbocycles. The highest BCUT2D eigenvalue weighted by atomic mass is 19.2. The molecule has 1 heterocycles. The van der Waals surface area contributed by atoms with E-state index in [9.17, 15) is 13.6 Å². The lowest BCUT2D eigenvalue weighted by Crippen LogP contribution is -2.43. The number of hydrogen-bond acceptors (Lipinski definition) is 2. The van der Waals surface area contributed by atoms with Crippen LogP contribution >= 0.6 is 0 Å². The molecule has 0 saturated heterocycles. The molecule has 2 aromatic carbocycles. The van der Waals surface area contributed by atoms with Crippen LogP contribution < -0.4 is 5.32 Å². The van der Waals surface area contributed by atoms with Crippen molar-refractivity contribution >= 4 is 22.9 Å². The fourth-order valence-electron chi connectivity index (χ4n) is 2.75. The molecule has 0 fully saturated rings. The van der Waals surface area contributed by atoms with Gasteiger partial charge in [0.05, 0.1) is 5.56 Å². The van der Waals surface area contributed by atoms with E-state index in [1.165, 1.54) is 18.3 Å². The summed E-state index contributed by atoms with van der Waals surface area (Å²) < 4.78 is 27.0. The van der Waals surface area contributed by atoms with E-state index in [0.29, 0.717) is 17.4 Å². The van der Waals surface area contributed by atoms with E-state index in [0.717, 1.165) is 11.6 Å². The molecule has 0 atom stereocenters. The minimum Gasteiger partial charge on any atom is -0.347 e. The van der Waals surface area contributed by atoms with E-state index in [2.05, 4.69) is 10.3 Å². The molecular weight excluding hydrogens is 346 g/mol. The molecule has 1 amide bonds. The summed E-state index contributed by atoms with van der Waals surface area (Å²) in [5, 5.41) is 3.33. The third-order valence-electron chi connectivity index (χ3n) is 4.20. The van der Waals surface area contributed by atoms with Crippen LogP contribution in [0.25, 0.3) is 17.0 Å². The van der Waals surface area contributed by atoms with Crippen LogP contribution in [0.4, 0.5) is 8.78 Å². The second kappa shape index (κ2) is 7.66. The average Bonchev–Trinajstić information content (AvgIpc) is 2.65. The molecule has 3 aromatic rings. The molecule has 1 aromatic heterocycles. The smallest absolute Gasteiger partial charge is 0.253 e. The quantitative estimate of drug-likeness (QED) is 0.681. The Hall–Kier alpha value is -3.08. The van der Waals surface area contributed by atoms with Gasteiger partial charge in [-0.05, 0) is 44.0 Å². The van der Waals surface area contributed by atoms with Crippen LogP contribution in [-0.2, 0) is 0 Å². The van der Waals surface area contributed by atoms with Crippen molar-refractivity contribution in [3.63, 3.8) is 0 Å². The van der Waals surface area contributed by atoms with Crippen molar-refractivity contribution in [3.8, 4) is 0 Å². The number of carbonyl (C=O) groups excluding carboxylic acids is 1. The molecule has 0 bridgehead atoms. The van der Waals surface area contributed by atoms with Gasteiger partial charge < -0.3 is 5.32 Å². The van der Waals surface area contributed by atoms with Crippen LogP contribution in [0, 0.1) is 11.6 Å². The number of fused-ring (bicyclic) bond motifs is 1. The Morgan fingerprint density at radius 1 is 1.15 bits per heavy atom. The predicted molar refractivity (Wildman–Crippen MR) is 103 cm³/mol. The van der Waals surface area contributed by atoms with Crippen molar-refractivity contribution in [2.45, 2.75) is 25.8 Å². The number of carbonyl (C=O) groups is 1. The minimum absolute atomic E-state index is 0.0865. The second-order valence-corrected chi connectivity index (χ2v) is 7.01. The summed E-state index contributed by atoms with van der Waals surface area (Å²) in [6, 6.07) is 13.8. The largest absolute Gasteiger partial charge is 0.347 e. The first-order chi connectivity index (χ1) is 12.9. The highest BCUT2D eigenvalue weighted by Gasteiger charge is 2.20. The monoisotopic (exact) mass is 366 g/mol. The summed E-state index contributed by atoms with van der Waals surface area (Å²) in [7, 11) is 0. The summed E-state index contributed by atoms with van der Waals surface area (Å²) in [4.78, 5) is 16.5. The van der Waals surface area contributed by atoms with E-state index in [-0.39, 0.29) is 11.4 Å². The van der Waals surface area contributed by atoms with Crippen molar-refractivity contribution in [2.75, 3.05) is 0 Å². The fourth-order valence-corrected chi connectivity index (χ4v) is 2.75. The Bertz CT molecular complexity index is 998. The number of amides is 1. The number of hydrogen-bond donors (Lipinski definition) is 1. The van der Waals surface area contributed by atoms with Gasteiger partial charge in [0, 0.05) is 17.1 Å². The third-order valence-corrected chi connectivity index (χ3v) is 4.20. The van der Waals surface area contributed by atoms with Crippen LogP contribution in [0.15, 0.2) is 60.8 Å². The average molecular weight is 366 g/mol. The number of aromatic nitrogens is 1. The Morgan fingerprint density at radius 3 is 2.63 bits per heavy atom. The molecule has 3 nitrogen and oxygen atoms in total. The molecule has 0 spiro atoms. The van der Waals surface area contributed by atoms with Crippen molar-refractivity contribution in [1.29, 1.82) is 0 Å². The lowest BCUT2D eigenvalue weighted by molar-refractivity contribution is 0.0914. The van der Waals surface area contributed by atoms with Crippen molar-refractivity contribution < 1.29 is 13.6 Å². The summed E-state index contributed by atoms with van der Waals surface area (Å²) >= 11 is 0. The topological polar surface area (TPSA) is 42.0 Å². The lowest BCUT2D eigenvalue weighted by atomic mass is 9.99. The van der Waals surface area contributed by atoms with Gasteiger partial charge in [-0.15, -0.1) is 0 Å². The van der Waals surface area contributed by atoms with Gasteiger partial charge in [-0.3, -0.25) is 9.78 Å². The first-order valence-corrected chi connectivity index (χ1v) is 8.64. The van der Waals surface area contributed by atoms with E-state index < -0.39 is 17.2 Å². The first kappa shape index (κ1) is 18.7. The zero-order valence-corrected chi connectivity index (χ0v) is 15.2. The number of rotatable bonds is 5. The predicted octanol–water partition coefficient (Wildman–Crippen LogP) is 5.12. The van der Waals surface area contributed by atoms with Crippen LogP contribution in [-0.4, -0.2) is 16.4 Å². The Balaban J connectivity index is 1.71. The normalized spacial score (nSPS) is 11.9. The molecule has 138 valence electrons. The highest BCUT2D eigenvalue weighted by Crippen LogP contribution is 2.20. The maximum absolute atomic E-state index is 13.7. The van der Waals surface area contributed by atoms with Crippen molar-refractivity contribution in [3.05, 3.63) is 83.6 Å². The first-order valence-electron chi connectivity index (χ1n) is 8.64. The maximum atomic E-state index is 13.7. The van der Waals surface area contributed by atoms with Gasteiger partial charge in [0.25, 0.3) is 5.91 Å². The number of halogens is 2. The Labute approximate surface area is 156 Å². The van der Waals surface area contributed by atoms with Crippen LogP contribution in [0.2, 0.25) is 0 Å². The summed E-state index contributed by atoms with van der Waals surface area (Å²) in [6.07, 6.45) is 5.90. The number of nitrogens with zero attached hydrogens (tertiary/aromatic N) is 1. The molecule has 0 aliphatic heterocycles. The van der Waals surface area contributed by atoms with E-state index >= 15 is 0 Å². The van der Waals surface area contributed by atoms with Gasteiger partial charge >= 0.3 is 0 Å². The van der Waals surface area contributed by atoms with E-state index in [4.69, 9.17) is 0 Å². The van der Waals surface area contributed by atoms with Crippen molar-refractivity contribution in [1.82, 2.24) is 10.3 Å². The molecule has 5 heteroatoms. The fraction of sp³-hybridized carbons (Fsp3) is 0.182. The Morgan fingerprint density at radius 2 is 1.89 bits per heavy atom. The van der Waals surface area contributed by atoms with Gasteiger partial charge in [0.1, 0.15) is 5.52 Å². The summed E-state index contributed by atoms with van der Waals surface area (Å²) in [6.45, 7) is 3.84. The SMILES string of the molecule is CC(C)(C/C=C/c1ccccc1)NC(=O)c1cnc2c(F)c(F)ccc2c1. The lowest BCUT2D eigenvalue weighted by Gasteiger charge is -2.25. The molecule has 0 aliphatic rings. The Kier molecular flexibility index (Phi) is 5.31. The maximum Gasteiger partial charge on any atom is 0.253 e. The zero-order valence-electron chi connectivity index (χ0n) is 15.2. The number of nitrogens with one attached hydrogen (secondary N) is 1. The molecular formula is C22H20F2N2O. The second-order valence-electron chi connectivity index (χ2n) is 7.01. The van der Waals surface area contributed by atoms with Gasteiger partial charge in [-0.25, -0.2) is 8.78 Å². The molecule has 0 unspecified atom stereocenters. The van der Waals surface area contributed by atoms with Gasteiger partial charge in [-0.2, -0.15) is 0 Å². The highest BCUT2D eigenvalue weighted by molar-refractivity contribution is 5.97. The van der Waals surface area contributed by atoms with Gasteiger partial charge in [-0.1, -0.05) is 42.5 Å². The summed E-state index contributed by atoms with van der Waals surface area (Å²) in [5.41, 5.74) is 0.823. The van der Waals surface area contributed by atoms with Crippen LogP contribution in [0.1, 0.15) is 36.2 Å². The van der Waals surface area contributed by atoms with Crippen LogP contribution in [0.3, 0.4) is 0 Å². The third kappa shape index (κ3) is 4.56. The molecule has 0 aliphatic carbocycles. The minimum atomic E-state index is -1.01. The molecule has 1 N–H and O–H groups in total. The van der Waals surface area contributed by atoms with Crippen molar-refractivity contribution in [2.24, 2.45) is 0 Å².